The fourth-order valence-electron chi connectivity index (χ4n) is 3.69. The van der Waals surface area contributed by atoms with E-state index in [2.05, 4.69) is 12.2 Å². The molecular weight excluding hydrogens is 370 g/mol. The smallest absolute Gasteiger partial charge is 0.255 e. The minimum Gasteiger partial charge on any atom is -0.345 e. The van der Waals surface area contributed by atoms with E-state index in [1.807, 2.05) is 103 Å². The van der Waals surface area contributed by atoms with Crippen molar-refractivity contribution in [1.29, 1.82) is 0 Å². The summed E-state index contributed by atoms with van der Waals surface area (Å²) < 4.78 is 1.89. The van der Waals surface area contributed by atoms with E-state index in [0.717, 1.165) is 22.5 Å². The molecule has 0 aliphatic rings. The predicted molar refractivity (Wildman–Crippen MR) is 121 cm³/mol. The van der Waals surface area contributed by atoms with Crippen molar-refractivity contribution in [1.82, 2.24) is 15.1 Å². The van der Waals surface area contributed by atoms with E-state index in [1.165, 1.54) is 0 Å². The van der Waals surface area contributed by atoms with Crippen LogP contribution < -0.4 is 5.32 Å². The molecule has 1 heterocycles. The molecule has 0 saturated heterocycles. The van der Waals surface area contributed by atoms with Crippen LogP contribution in [0.25, 0.3) is 16.9 Å². The van der Waals surface area contributed by atoms with Gasteiger partial charge < -0.3 is 5.32 Å². The first-order chi connectivity index (χ1) is 14.7. The van der Waals surface area contributed by atoms with Crippen molar-refractivity contribution >= 4 is 5.91 Å². The molecule has 0 saturated carbocycles. The molecule has 4 rings (SSSR count). The Morgan fingerprint density at radius 3 is 2.07 bits per heavy atom. The van der Waals surface area contributed by atoms with E-state index in [0.29, 0.717) is 17.7 Å². The van der Waals surface area contributed by atoms with Crippen LogP contribution in [-0.4, -0.2) is 15.7 Å². The van der Waals surface area contributed by atoms with Gasteiger partial charge >= 0.3 is 0 Å². The largest absolute Gasteiger partial charge is 0.345 e. The number of carbonyl (C=O) groups excluding carboxylic acids is 1. The Morgan fingerprint density at radius 1 is 0.900 bits per heavy atom. The van der Waals surface area contributed by atoms with Crippen LogP contribution in [0.5, 0.6) is 0 Å². The van der Waals surface area contributed by atoms with Gasteiger partial charge in [-0.3, -0.25) is 4.79 Å². The van der Waals surface area contributed by atoms with Gasteiger partial charge in [-0.15, -0.1) is 0 Å². The summed E-state index contributed by atoms with van der Waals surface area (Å²) in [4.78, 5) is 13.5. The minimum atomic E-state index is -0.107. The number of para-hydroxylation sites is 1. The summed E-state index contributed by atoms with van der Waals surface area (Å²) in [5.41, 5.74) is 5.18. The number of benzene rings is 3. The fourth-order valence-corrected chi connectivity index (χ4v) is 3.69. The molecule has 0 aliphatic carbocycles. The highest BCUT2D eigenvalue weighted by Gasteiger charge is 2.25. The quantitative estimate of drug-likeness (QED) is 0.462. The molecular formula is C26H25N3O. The number of nitrogens with zero attached hydrogens (tertiary/aromatic N) is 2. The van der Waals surface area contributed by atoms with E-state index < -0.39 is 0 Å². The van der Waals surface area contributed by atoms with E-state index in [1.54, 1.807) is 0 Å². The van der Waals surface area contributed by atoms with Crippen molar-refractivity contribution in [2.75, 3.05) is 0 Å². The van der Waals surface area contributed by atoms with Crippen LogP contribution in [0, 0.1) is 0 Å². The number of hydrogen-bond acceptors (Lipinski definition) is 2. The van der Waals surface area contributed by atoms with E-state index in [9.17, 15) is 4.79 Å². The standard InChI is InChI=1S/C26H25N3O/c1-3-23-24(26(30)27-19(2)20-13-7-4-8-14-20)25(21-15-9-5-10-16-21)28-29(23)22-17-11-6-12-18-22/h4-19H,3H2,1-2H3,(H,27,30). The van der Waals surface area contributed by atoms with Crippen molar-refractivity contribution in [3.05, 3.63) is 108 Å². The van der Waals surface area contributed by atoms with Gasteiger partial charge in [0.2, 0.25) is 0 Å². The Morgan fingerprint density at radius 2 is 1.47 bits per heavy atom. The van der Waals surface area contributed by atoms with Crippen LogP contribution in [-0.2, 0) is 6.42 Å². The first-order valence-electron chi connectivity index (χ1n) is 10.3. The second-order valence-electron chi connectivity index (χ2n) is 7.24. The topological polar surface area (TPSA) is 46.9 Å². The lowest BCUT2D eigenvalue weighted by Gasteiger charge is -2.15. The summed E-state index contributed by atoms with van der Waals surface area (Å²) in [5.74, 6) is -0.107. The summed E-state index contributed by atoms with van der Waals surface area (Å²) in [5, 5.41) is 8.05. The van der Waals surface area contributed by atoms with Crippen LogP contribution in [0.15, 0.2) is 91.0 Å². The Bertz CT molecular complexity index is 1120. The molecule has 1 N–H and O–H groups in total. The van der Waals surface area contributed by atoms with Gasteiger partial charge in [-0.25, -0.2) is 4.68 Å². The van der Waals surface area contributed by atoms with Gasteiger partial charge in [0, 0.05) is 5.56 Å². The zero-order chi connectivity index (χ0) is 20.9. The number of amides is 1. The normalized spacial score (nSPS) is 11.8. The third kappa shape index (κ3) is 3.90. The molecule has 0 spiro atoms. The van der Waals surface area contributed by atoms with Gasteiger partial charge in [0.1, 0.15) is 5.69 Å². The number of aromatic nitrogens is 2. The average Bonchev–Trinajstić information content (AvgIpc) is 3.20. The summed E-state index contributed by atoms with van der Waals surface area (Å²) >= 11 is 0. The molecule has 0 fully saturated rings. The van der Waals surface area contributed by atoms with Crippen LogP contribution in [0.2, 0.25) is 0 Å². The van der Waals surface area contributed by atoms with Gasteiger partial charge in [0.05, 0.1) is 23.0 Å². The molecule has 4 nitrogen and oxygen atoms in total. The predicted octanol–water partition coefficient (Wildman–Crippen LogP) is 5.59. The van der Waals surface area contributed by atoms with Crippen LogP contribution in [0.4, 0.5) is 0 Å². The molecule has 1 unspecified atom stereocenters. The number of rotatable bonds is 6. The van der Waals surface area contributed by atoms with Crippen molar-refractivity contribution in [2.24, 2.45) is 0 Å². The molecule has 3 aromatic carbocycles. The average molecular weight is 396 g/mol. The van der Waals surface area contributed by atoms with Gasteiger partial charge in [0.15, 0.2) is 0 Å². The first-order valence-corrected chi connectivity index (χ1v) is 10.3. The van der Waals surface area contributed by atoms with Gasteiger partial charge in [-0.2, -0.15) is 5.10 Å². The molecule has 4 heteroatoms. The Balaban J connectivity index is 1.80. The number of carbonyl (C=O) groups is 1. The van der Waals surface area contributed by atoms with E-state index in [-0.39, 0.29) is 11.9 Å². The van der Waals surface area contributed by atoms with Crippen LogP contribution in [0.1, 0.15) is 41.5 Å². The highest BCUT2D eigenvalue weighted by Crippen LogP contribution is 2.29. The summed E-state index contributed by atoms with van der Waals surface area (Å²) in [6.07, 6.45) is 0.692. The van der Waals surface area contributed by atoms with Crippen LogP contribution in [0.3, 0.4) is 0 Å². The number of nitrogens with one attached hydrogen (secondary N) is 1. The van der Waals surface area contributed by atoms with E-state index >= 15 is 0 Å². The SMILES string of the molecule is CCc1c(C(=O)NC(C)c2ccccc2)c(-c2ccccc2)nn1-c1ccccc1. The molecule has 4 aromatic rings. The molecule has 30 heavy (non-hydrogen) atoms. The zero-order valence-electron chi connectivity index (χ0n) is 17.2. The minimum absolute atomic E-state index is 0.105. The molecule has 150 valence electrons. The number of hydrogen-bond donors (Lipinski definition) is 1. The van der Waals surface area contributed by atoms with Crippen molar-refractivity contribution < 1.29 is 4.79 Å². The first kappa shape index (κ1) is 19.6. The van der Waals surface area contributed by atoms with Crippen LogP contribution >= 0.6 is 0 Å². The lowest BCUT2D eigenvalue weighted by molar-refractivity contribution is 0.0939. The molecule has 0 radical (unpaired) electrons. The Hall–Kier alpha value is -3.66. The maximum Gasteiger partial charge on any atom is 0.255 e. The van der Waals surface area contributed by atoms with E-state index in [4.69, 9.17) is 5.10 Å². The summed E-state index contributed by atoms with van der Waals surface area (Å²) in [7, 11) is 0. The van der Waals surface area contributed by atoms with Gasteiger partial charge in [-0.05, 0) is 31.0 Å². The third-order valence-corrected chi connectivity index (χ3v) is 5.24. The molecule has 1 aromatic heterocycles. The lowest BCUT2D eigenvalue weighted by Crippen LogP contribution is -2.27. The summed E-state index contributed by atoms with van der Waals surface area (Å²) in [6.45, 7) is 4.06. The second kappa shape index (κ2) is 8.78. The maximum absolute atomic E-state index is 13.5. The Kier molecular flexibility index (Phi) is 5.75. The highest BCUT2D eigenvalue weighted by molar-refractivity contribution is 6.01. The summed E-state index contributed by atoms with van der Waals surface area (Å²) in [6, 6.07) is 29.7. The van der Waals surface area contributed by atoms with Crippen molar-refractivity contribution in [3.63, 3.8) is 0 Å². The molecule has 1 atom stereocenters. The monoisotopic (exact) mass is 395 g/mol. The van der Waals surface area contributed by atoms with Gasteiger partial charge in [0.25, 0.3) is 5.91 Å². The van der Waals surface area contributed by atoms with Crippen molar-refractivity contribution in [2.45, 2.75) is 26.3 Å². The third-order valence-electron chi connectivity index (χ3n) is 5.24. The molecule has 0 aliphatic heterocycles. The highest BCUT2D eigenvalue weighted by atomic mass is 16.1. The molecule has 1 amide bonds. The zero-order valence-corrected chi connectivity index (χ0v) is 17.2. The lowest BCUT2D eigenvalue weighted by atomic mass is 10.0. The van der Waals surface area contributed by atoms with Gasteiger partial charge in [-0.1, -0.05) is 85.8 Å². The van der Waals surface area contributed by atoms with Crippen molar-refractivity contribution in [3.8, 4) is 16.9 Å². The second-order valence-corrected chi connectivity index (χ2v) is 7.24. The molecule has 0 bridgehead atoms. The Labute approximate surface area is 177 Å². The fraction of sp³-hybridized carbons (Fsp3) is 0.154. The maximum atomic E-state index is 13.5.